The summed E-state index contributed by atoms with van der Waals surface area (Å²) < 4.78 is 0. The van der Waals surface area contributed by atoms with E-state index < -0.39 is 5.97 Å². The van der Waals surface area contributed by atoms with Crippen LogP contribution in [0.4, 0.5) is 5.69 Å². The fourth-order valence-electron chi connectivity index (χ4n) is 1.72. The maximum atomic E-state index is 11.7. The zero-order valence-corrected chi connectivity index (χ0v) is 11.6. The van der Waals surface area contributed by atoms with Gasteiger partial charge in [-0.25, -0.2) is 0 Å². The normalized spacial score (nSPS) is 10.1. The van der Waals surface area contributed by atoms with E-state index in [-0.39, 0.29) is 12.5 Å². The van der Waals surface area contributed by atoms with E-state index >= 15 is 0 Å². The summed E-state index contributed by atoms with van der Waals surface area (Å²) in [5.74, 6) is -1.15. The van der Waals surface area contributed by atoms with Gasteiger partial charge in [-0.1, -0.05) is 12.1 Å². The number of carbonyl (C=O) groups is 2. The van der Waals surface area contributed by atoms with Crippen LogP contribution in [-0.4, -0.2) is 49.6 Å². The van der Waals surface area contributed by atoms with Crippen molar-refractivity contribution >= 4 is 17.6 Å². The fourth-order valence-corrected chi connectivity index (χ4v) is 1.72. The number of carbonyl (C=O) groups excluding carboxylic acids is 1. The number of rotatable bonds is 6. The van der Waals surface area contributed by atoms with Crippen LogP contribution < -0.4 is 4.90 Å². The minimum absolute atomic E-state index is 0.155. The molecular weight excluding hydrogens is 244 g/mol. The van der Waals surface area contributed by atoms with Crippen LogP contribution in [0.5, 0.6) is 0 Å². The van der Waals surface area contributed by atoms with E-state index in [1.54, 1.807) is 0 Å². The molecule has 0 heterocycles. The second-order valence-corrected chi connectivity index (χ2v) is 4.71. The van der Waals surface area contributed by atoms with Gasteiger partial charge in [0.15, 0.2) is 0 Å². The van der Waals surface area contributed by atoms with Crippen molar-refractivity contribution < 1.29 is 14.7 Å². The average Bonchev–Trinajstić information content (AvgIpc) is 2.35. The Bertz CT molecular complexity index is 458. The van der Waals surface area contributed by atoms with E-state index in [1.165, 1.54) is 11.9 Å². The van der Waals surface area contributed by atoms with Crippen LogP contribution in [0.25, 0.3) is 0 Å². The first-order chi connectivity index (χ1) is 8.90. The van der Waals surface area contributed by atoms with Gasteiger partial charge in [0.2, 0.25) is 5.91 Å². The second kappa shape index (κ2) is 6.78. The summed E-state index contributed by atoms with van der Waals surface area (Å²) in [6.45, 7) is -0.253. The topological polar surface area (TPSA) is 60.9 Å². The van der Waals surface area contributed by atoms with Gasteiger partial charge in [0, 0.05) is 33.3 Å². The fraction of sp³-hybridized carbons (Fsp3) is 0.429. The second-order valence-electron chi connectivity index (χ2n) is 4.71. The van der Waals surface area contributed by atoms with Gasteiger partial charge in [0.1, 0.15) is 6.54 Å². The number of aliphatic carboxylic acids is 1. The Morgan fingerprint density at radius 2 is 1.89 bits per heavy atom. The molecule has 0 aliphatic rings. The summed E-state index contributed by atoms with van der Waals surface area (Å²) >= 11 is 0. The SMILES string of the molecule is CN(CC(=O)O)C(=O)CCc1cccc(N(C)C)c1. The number of hydrogen-bond acceptors (Lipinski definition) is 3. The summed E-state index contributed by atoms with van der Waals surface area (Å²) in [6, 6.07) is 7.96. The highest BCUT2D eigenvalue weighted by Crippen LogP contribution is 2.14. The van der Waals surface area contributed by atoms with E-state index in [4.69, 9.17) is 5.11 Å². The molecule has 0 aromatic heterocycles. The molecule has 0 unspecified atom stereocenters. The number of benzene rings is 1. The summed E-state index contributed by atoms with van der Waals surface area (Å²) in [5, 5.41) is 8.62. The maximum Gasteiger partial charge on any atom is 0.323 e. The molecule has 1 aromatic rings. The van der Waals surface area contributed by atoms with Gasteiger partial charge in [-0.05, 0) is 24.1 Å². The molecule has 0 atom stereocenters. The highest BCUT2D eigenvalue weighted by atomic mass is 16.4. The van der Waals surface area contributed by atoms with Crippen molar-refractivity contribution in [1.82, 2.24) is 4.90 Å². The third-order valence-corrected chi connectivity index (χ3v) is 2.85. The van der Waals surface area contributed by atoms with Crippen LogP contribution >= 0.6 is 0 Å². The largest absolute Gasteiger partial charge is 0.480 e. The lowest BCUT2D eigenvalue weighted by Crippen LogP contribution is -2.32. The van der Waals surface area contributed by atoms with Crippen molar-refractivity contribution in [3.05, 3.63) is 29.8 Å². The molecule has 0 aliphatic heterocycles. The first-order valence-electron chi connectivity index (χ1n) is 6.12. The van der Waals surface area contributed by atoms with E-state index in [0.717, 1.165) is 11.3 Å². The highest BCUT2D eigenvalue weighted by molar-refractivity contribution is 5.81. The number of amides is 1. The molecule has 19 heavy (non-hydrogen) atoms. The number of carboxylic acid groups (broad SMARTS) is 1. The Morgan fingerprint density at radius 3 is 2.47 bits per heavy atom. The molecule has 0 bridgehead atoms. The molecule has 0 radical (unpaired) electrons. The first-order valence-corrected chi connectivity index (χ1v) is 6.12. The molecule has 0 spiro atoms. The zero-order valence-electron chi connectivity index (χ0n) is 11.6. The summed E-state index contributed by atoms with van der Waals surface area (Å²) in [4.78, 5) is 25.5. The Morgan fingerprint density at radius 1 is 1.21 bits per heavy atom. The molecule has 104 valence electrons. The molecule has 5 heteroatoms. The molecule has 1 N–H and O–H groups in total. The number of hydrogen-bond donors (Lipinski definition) is 1. The molecule has 1 aromatic carbocycles. The Kier molecular flexibility index (Phi) is 5.36. The minimum Gasteiger partial charge on any atom is -0.480 e. The van der Waals surface area contributed by atoms with Crippen LogP contribution in [0.3, 0.4) is 0 Å². The van der Waals surface area contributed by atoms with Gasteiger partial charge in [0.25, 0.3) is 0 Å². The van der Waals surface area contributed by atoms with Crippen molar-refractivity contribution in [3.8, 4) is 0 Å². The third-order valence-electron chi connectivity index (χ3n) is 2.85. The standard InChI is InChI=1S/C14H20N2O3/c1-15(2)12-6-4-5-11(9-12)7-8-13(17)16(3)10-14(18)19/h4-6,9H,7-8,10H2,1-3H3,(H,18,19). The number of aryl methyl sites for hydroxylation is 1. The van der Waals surface area contributed by atoms with Gasteiger partial charge in [-0.15, -0.1) is 0 Å². The van der Waals surface area contributed by atoms with E-state index in [9.17, 15) is 9.59 Å². The lowest BCUT2D eigenvalue weighted by atomic mass is 10.1. The van der Waals surface area contributed by atoms with Crippen LogP contribution in [0.2, 0.25) is 0 Å². The Hall–Kier alpha value is -2.04. The average molecular weight is 264 g/mol. The first kappa shape index (κ1) is 15.0. The molecule has 0 saturated carbocycles. The highest BCUT2D eigenvalue weighted by Gasteiger charge is 2.11. The van der Waals surface area contributed by atoms with Gasteiger partial charge in [-0.3, -0.25) is 9.59 Å². The Labute approximate surface area is 113 Å². The van der Waals surface area contributed by atoms with E-state index in [2.05, 4.69) is 0 Å². The molecule has 0 saturated heterocycles. The maximum absolute atomic E-state index is 11.7. The lowest BCUT2D eigenvalue weighted by molar-refractivity contribution is -0.143. The van der Waals surface area contributed by atoms with Gasteiger partial charge in [-0.2, -0.15) is 0 Å². The van der Waals surface area contributed by atoms with Gasteiger partial charge < -0.3 is 14.9 Å². The monoisotopic (exact) mass is 264 g/mol. The summed E-state index contributed by atoms with van der Waals surface area (Å²) in [5.41, 5.74) is 2.16. The smallest absolute Gasteiger partial charge is 0.323 e. The summed E-state index contributed by atoms with van der Waals surface area (Å²) in [7, 11) is 5.43. The number of anilines is 1. The quantitative estimate of drug-likeness (QED) is 0.839. The predicted molar refractivity (Wildman–Crippen MR) is 74.4 cm³/mol. The van der Waals surface area contributed by atoms with Gasteiger partial charge >= 0.3 is 5.97 Å². The zero-order chi connectivity index (χ0) is 14.4. The summed E-state index contributed by atoms with van der Waals surface area (Å²) in [6.07, 6.45) is 0.936. The molecule has 0 fully saturated rings. The molecule has 1 rings (SSSR count). The minimum atomic E-state index is -0.995. The van der Waals surface area contributed by atoms with Crippen LogP contribution in [0.15, 0.2) is 24.3 Å². The van der Waals surface area contributed by atoms with E-state index in [1.807, 2.05) is 43.3 Å². The molecule has 0 aliphatic carbocycles. The van der Waals surface area contributed by atoms with Crippen molar-refractivity contribution in [2.24, 2.45) is 0 Å². The molecular formula is C14H20N2O3. The molecule has 5 nitrogen and oxygen atoms in total. The van der Waals surface area contributed by atoms with Gasteiger partial charge in [0.05, 0.1) is 0 Å². The Balaban J connectivity index is 2.54. The van der Waals surface area contributed by atoms with Crippen molar-refractivity contribution in [3.63, 3.8) is 0 Å². The van der Waals surface area contributed by atoms with Crippen LogP contribution in [0, 0.1) is 0 Å². The van der Waals surface area contributed by atoms with Crippen molar-refractivity contribution in [2.45, 2.75) is 12.8 Å². The number of likely N-dealkylation sites (N-methyl/N-ethyl adjacent to an activating group) is 1. The van der Waals surface area contributed by atoms with E-state index in [0.29, 0.717) is 12.8 Å². The third kappa shape index (κ3) is 4.99. The van der Waals surface area contributed by atoms with Crippen molar-refractivity contribution in [2.75, 3.05) is 32.6 Å². The number of nitrogens with zero attached hydrogens (tertiary/aromatic N) is 2. The van der Waals surface area contributed by atoms with Crippen LogP contribution in [0.1, 0.15) is 12.0 Å². The van der Waals surface area contributed by atoms with Crippen molar-refractivity contribution in [1.29, 1.82) is 0 Å². The van der Waals surface area contributed by atoms with Crippen LogP contribution in [-0.2, 0) is 16.0 Å². The molecule has 1 amide bonds. The lowest BCUT2D eigenvalue weighted by Gasteiger charge is -2.15. The predicted octanol–water partition coefficient (Wildman–Crippen LogP) is 1.23. The number of carboxylic acids is 1.